The van der Waals surface area contributed by atoms with Crippen molar-refractivity contribution in [2.24, 2.45) is 0 Å². The number of ether oxygens (including phenoxy) is 2. The Bertz CT molecular complexity index is 684. The van der Waals surface area contributed by atoms with Crippen molar-refractivity contribution < 1.29 is 14.3 Å². The van der Waals surface area contributed by atoms with Crippen LogP contribution in [0.25, 0.3) is 0 Å². The number of nitrogens with one attached hydrogen (secondary N) is 2. The second-order valence-corrected chi connectivity index (χ2v) is 6.12. The lowest BCUT2D eigenvalue weighted by Crippen LogP contribution is -2.39. The molecule has 2 aromatic rings. The van der Waals surface area contributed by atoms with Gasteiger partial charge in [-0.25, -0.2) is 4.79 Å². The molecule has 0 heterocycles. The highest BCUT2D eigenvalue weighted by Gasteiger charge is 2.21. The summed E-state index contributed by atoms with van der Waals surface area (Å²) in [4.78, 5) is 12.2. The van der Waals surface area contributed by atoms with Crippen LogP contribution in [0.15, 0.2) is 48.5 Å². The molecule has 2 aromatic carbocycles. The van der Waals surface area contributed by atoms with Gasteiger partial charge in [-0.15, -0.1) is 0 Å². The van der Waals surface area contributed by atoms with E-state index in [0.29, 0.717) is 23.7 Å². The Morgan fingerprint density at radius 1 is 1.04 bits per heavy atom. The van der Waals surface area contributed by atoms with E-state index < -0.39 is 0 Å². The SMILES string of the molecule is COc1ccc(NC(=O)NCC(C)(C)c2ccccc2)c(OC)c1. The lowest BCUT2D eigenvalue weighted by molar-refractivity contribution is 0.249. The number of urea groups is 1. The van der Waals surface area contributed by atoms with Crippen molar-refractivity contribution in [1.29, 1.82) is 0 Å². The Labute approximate surface area is 143 Å². The first-order chi connectivity index (χ1) is 11.5. The van der Waals surface area contributed by atoms with Crippen LogP contribution in [0.5, 0.6) is 11.5 Å². The van der Waals surface area contributed by atoms with E-state index >= 15 is 0 Å². The van der Waals surface area contributed by atoms with Gasteiger partial charge < -0.3 is 20.1 Å². The third-order valence-corrected chi connectivity index (χ3v) is 3.90. The Morgan fingerprint density at radius 3 is 2.38 bits per heavy atom. The molecule has 0 unspecified atom stereocenters. The van der Waals surface area contributed by atoms with Crippen LogP contribution in [-0.2, 0) is 5.41 Å². The molecule has 0 saturated heterocycles. The molecule has 0 atom stereocenters. The van der Waals surface area contributed by atoms with E-state index in [1.54, 1.807) is 32.4 Å². The van der Waals surface area contributed by atoms with Gasteiger partial charge in [0.2, 0.25) is 0 Å². The van der Waals surface area contributed by atoms with Crippen LogP contribution in [0, 0.1) is 0 Å². The summed E-state index contributed by atoms with van der Waals surface area (Å²) in [5.41, 5.74) is 1.60. The number of amides is 2. The monoisotopic (exact) mass is 328 g/mol. The normalized spacial score (nSPS) is 10.8. The van der Waals surface area contributed by atoms with E-state index in [9.17, 15) is 4.79 Å². The highest BCUT2D eigenvalue weighted by atomic mass is 16.5. The molecule has 0 aromatic heterocycles. The van der Waals surface area contributed by atoms with Crippen molar-refractivity contribution in [3.8, 4) is 11.5 Å². The van der Waals surface area contributed by atoms with Gasteiger partial charge in [-0.1, -0.05) is 44.2 Å². The van der Waals surface area contributed by atoms with Gasteiger partial charge >= 0.3 is 6.03 Å². The lowest BCUT2D eigenvalue weighted by atomic mass is 9.85. The number of rotatable bonds is 6. The molecule has 0 aliphatic heterocycles. The van der Waals surface area contributed by atoms with Crippen molar-refractivity contribution in [2.75, 3.05) is 26.1 Å². The number of carbonyl (C=O) groups is 1. The Balaban J connectivity index is 1.99. The molecule has 24 heavy (non-hydrogen) atoms. The zero-order valence-corrected chi connectivity index (χ0v) is 14.6. The number of benzene rings is 2. The van der Waals surface area contributed by atoms with Crippen LogP contribution in [0.4, 0.5) is 10.5 Å². The standard InChI is InChI=1S/C19H24N2O3/c1-19(2,14-8-6-5-7-9-14)13-20-18(22)21-16-11-10-15(23-3)12-17(16)24-4/h5-12H,13H2,1-4H3,(H2,20,21,22). The average Bonchev–Trinajstić information content (AvgIpc) is 2.61. The summed E-state index contributed by atoms with van der Waals surface area (Å²) >= 11 is 0. The van der Waals surface area contributed by atoms with Gasteiger partial charge in [0.05, 0.1) is 19.9 Å². The third-order valence-electron chi connectivity index (χ3n) is 3.90. The number of anilines is 1. The maximum absolute atomic E-state index is 12.2. The molecule has 0 radical (unpaired) electrons. The summed E-state index contributed by atoms with van der Waals surface area (Å²) < 4.78 is 10.4. The summed E-state index contributed by atoms with van der Waals surface area (Å²) in [6.07, 6.45) is 0. The predicted molar refractivity (Wildman–Crippen MR) is 96.0 cm³/mol. The van der Waals surface area contributed by atoms with E-state index in [1.165, 1.54) is 5.56 Å². The highest BCUT2D eigenvalue weighted by Crippen LogP contribution is 2.29. The van der Waals surface area contributed by atoms with E-state index in [1.807, 2.05) is 18.2 Å². The summed E-state index contributed by atoms with van der Waals surface area (Å²) in [7, 11) is 3.14. The maximum atomic E-state index is 12.2. The lowest BCUT2D eigenvalue weighted by Gasteiger charge is -2.25. The summed E-state index contributed by atoms with van der Waals surface area (Å²) in [5.74, 6) is 1.22. The first-order valence-corrected chi connectivity index (χ1v) is 7.78. The molecular formula is C19H24N2O3. The molecule has 128 valence electrons. The molecule has 5 nitrogen and oxygen atoms in total. The zero-order chi connectivity index (χ0) is 17.6. The van der Waals surface area contributed by atoms with E-state index in [2.05, 4.69) is 36.6 Å². The van der Waals surface area contributed by atoms with E-state index in [4.69, 9.17) is 9.47 Å². The second-order valence-electron chi connectivity index (χ2n) is 6.12. The molecule has 2 amide bonds. The number of hydrogen-bond donors (Lipinski definition) is 2. The third kappa shape index (κ3) is 4.41. The van der Waals surface area contributed by atoms with Gasteiger partial charge in [-0.2, -0.15) is 0 Å². The van der Waals surface area contributed by atoms with Gasteiger partial charge in [0.15, 0.2) is 0 Å². The fourth-order valence-corrected chi connectivity index (χ4v) is 2.36. The minimum Gasteiger partial charge on any atom is -0.497 e. The van der Waals surface area contributed by atoms with Gasteiger partial charge in [0, 0.05) is 18.0 Å². The molecular weight excluding hydrogens is 304 g/mol. The number of carbonyl (C=O) groups excluding carboxylic acids is 1. The van der Waals surface area contributed by atoms with Crippen molar-refractivity contribution in [3.05, 3.63) is 54.1 Å². The number of methoxy groups -OCH3 is 2. The second kappa shape index (κ2) is 7.73. The van der Waals surface area contributed by atoms with Crippen molar-refractivity contribution in [1.82, 2.24) is 5.32 Å². The topological polar surface area (TPSA) is 59.6 Å². The summed E-state index contributed by atoms with van der Waals surface area (Å²) in [6.45, 7) is 4.70. The molecule has 2 rings (SSSR count). The average molecular weight is 328 g/mol. The Morgan fingerprint density at radius 2 is 1.75 bits per heavy atom. The quantitative estimate of drug-likeness (QED) is 0.848. The van der Waals surface area contributed by atoms with Gasteiger partial charge in [0.25, 0.3) is 0 Å². The van der Waals surface area contributed by atoms with Crippen LogP contribution in [0.3, 0.4) is 0 Å². The molecule has 5 heteroatoms. The Hall–Kier alpha value is -2.69. The van der Waals surface area contributed by atoms with Crippen molar-refractivity contribution in [2.45, 2.75) is 19.3 Å². The first kappa shape index (κ1) is 17.7. The maximum Gasteiger partial charge on any atom is 0.319 e. The first-order valence-electron chi connectivity index (χ1n) is 7.78. The minimum atomic E-state index is -0.275. The highest BCUT2D eigenvalue weighted by molar-refractivity contribution is 5.91. The Kier molecular flexibility index (Phi) is 5.68. The van der Waals surface area contributed by atoms with E-state index in [0.717, 1.165) is 0 Å². The number of hydrogen-bond acceptors (Lipinski definition) is 3. The van der Waals surface area contributed by atoms with Crippen LogP contribution >= 0.6 is 0 Å². The van der Waals surface area contributed by atoms with Crippen molar-refractivity contribution in [3.63, 3.8) is 0 Å². The van der Waals surface area contributed by atoms with Gasteiger partial charge in [-0.3, -0.25) is 0 Å². The molecule has 0 aliphatic rings. The zero-order valence-electron chi connectivity index (χ0n) is 14.6. The molecule has 0 fully saturated rings. The van der Waals surface area contributed by atoms with Crippen LogP contribution in [0.1, 0.15) is 19.4 Å². The molecule has 0 bridgehead atoms. The molecule has 2 N–H and O–H groups in total. The summed E-state index contributed by atoms with van der Waals surface area (Å²) in [5, 5.41) is 5.72. The van der Waals surface area contributed by atoms with Gasteiger partial charge in [-0.05, 0) is 17.7 Å². The minimum absolute atomic E-state index is 0.164. The molecule has 0 aliphatic carbocycles. The predicted octanol–water partition coefficient (Wildman–Crippen LogP) is 3.80. The van der Waals surface area contributed by atoms with Crippen molar-refractivity contribution >= 4 is 11.7 Å². The smallest absolute Gasteiger partial charge is 0.319 e. The summed E-state index contributed by atoms with van der Waals surface area (Å²) in [6, 6.07) is 15.1. The van der Waals surface area contributed by atoms with Crippen LogP contribution in [-0.4, -0.2) is 26.8 Å². The molecule has 0 saturated carbocycles. The van der Waals surface area contributed by atoms with Gasteiger partial charge in [0.1, 0.15) is 11.5 Å². The van der Waals surface area contributed by atoms with Crippen LogP contribution < -0.4 is 20.1 Å². The fourth-order valence-electron chi connectivity index (χ4n) is 2.36. The largest absolute Gasteiger partial charge is 0.497 e. The fraction of sp³-hybridized carbons (Fsp3) is 0.316. The molecule has 0 spiro atoms. The van der Waals surface area contributed by atoms with Crippen LogP contribution in [0.2, 0.25) is 0 Å². The van der Waals surface area contributed by atoms with E-state index in [-0.39, 0.29) is 11.4 Å².